The van der Waals surface area contributed by atoms with Crippen LogP contribution in [0, 0.1) is 0 Å². The Morgan fingerprint density at radius 3 is 1.68 bits per heavy atom. The summed E-state index contributed by atoms with van der Waals surface area (Å²) in [6.45, 7) is 14.5. The molecule has 0 radical (unpaired) electrons. The SMILES string of the molecule is C/C1=C(/O[Si](C)(C)C(C)(C)C)OCCCCCCCCCCCCC1. The molecule has 0 aromatic carbocycles. The van der Waals surface area contributed by atoms with Crippen molar-refractivity contribution in [3.63, 3.8) is 0 Å². The molecule has 25 heavy (non-hydrogen) atoms. The lowest BCUT2D eigenvalue weighted by molar-refractivity contribution is 0.0902. The monoisotopic (exact) mass is 368 g/mol. The Morgan fingerprint density at radius 1 is 0.760 bits per heavy atom. The van der Waals surface area contributed by atoms with E-state index in [0.717, 1.165) is 25.4 Å². The predicted molar refractivity (Wildman–Crippen MR) is 112 cm³/mol. The van der Waals surface area contributed by atoms with Crippen molar-refractivity contribution in [1.82, 2.24) is 0 Å². The third-order valence-electron chi connectivity index (χ3n) is 5.93. The molecular weight excluding hydrogens is 324 g/mol. The van der Waals surface area contributed by atoms with Crippen LogP contribution in [-0.4, -0.2) is 14.9 Å². The lowest BCUT2D eigenvalue weighted by Gasteiger charge is -2.37. The van der Waals surface area contributed by atoms with E-state index in [0.29, 0.717) is 0 Å². The van der Waals surface area contributed by atoms with E-state index in [2.05, 4.69) is 40.8 Å². The van der Waals surface area contributed by atoms with E-state index in [9.17, 15) is 0 Å². The molecule has 1 aliphatic rings. The molecule has 0 aliphatic carbocycles. The minimum Gasteiger partial charge on any atom is -0.519 e. The summed E-state index contributed by atoms with van der Waals surface area (Å²) in [6.07, 6.45) is 16.0. The van der Waals surface area contributed by atoms with Crippen molar-refractivity contribution in [2.45, 2.75) is 123 Å². The van der Waals surface area contributed by atoms with Gasteiger partial charge in [0.2, 0.25) is 0 Å². The molecule has 3 heteroatoms. The largest absolute Gasteiger partial charge is 0.519 e. The Bertz CT molecular complexity index is 393. The Morgan fingerprint density at radius 2 is 1.20 bits per heavy atom. The molecule has 0 N–H and O–H groups in total. The van der Waals surface area contributed by atoms with Crippen LogP contribution in [0.3, 0.4) is 0 Å². The second kappa shape index (κ2) is 11.3. The van der Waals surface area contributed by atoms with Gasteiger partial charge in [-0.1, -0.05) is 78.6 Å². The average Bonchev–Trinajstić information content (AvgIpc) is 2.51. The standard InChI is InChI=1S/C22H44O2Si/c1-20-18-16-14-12-10-8-7-9-11-13-15-17-19-23-21(20)24-25(5,6)22(2,3)4/h7-19H2,1-6H3/b21-20-. The second-order valence-corrected chi connectivity index (χ2v) is 14.1. The maximum absolute atomic E-state index is 6.56. The van der Waals surface area contributed by atoms with Crippen molar-refractivity contribution in [3.05, 3.63) is 11.5 Å². The van der Waals surface area contributed by atoms with Crippen LogP contribution in [0.2, 0.25) is 18.1 Å². The van der Waals surface area contributed by atoms with E-state index >= 15 is 0 Å². The fraction of sp³-hybridized carbons (Fsp3) is 0.909. The third-order valence-corrected chi connectivity index (χ3v) is 10.2. The van der Waals surface area contributed by atoms with Gasteiger partial charge in [-0.25, -0.2) is 0 Å². The molecule has 0 bridgehead atoms. The topological polar surface area (TPSA) is 18.5 Å². The van der Waals surface area contributed by atoms with Gasteiger partial charge in [-0.2, -0.15) is 0 Å². The minimum atomic E-state index is -1.84. The molecule has 0 unspecified atom stereocenters. The van der Waals surface area contributed by atoms with Crippen LogP contribution in [0.15, 0.2) is 11.5 Å². The van der Waals surface area contributed by atoms with Crippen molar-refractivity contribution in [2.24, 2.45) is 0 Å². The molecule has 2 nitrogen and oxygen atoms in total. The number of ether oxygens (including phenoxy) is 1. The fourth-order valence-corrected chi connectivity index (χ4v) is 3.98. The Hall–Kier alpha value is -0.443. The summed E-state index contributed by atoms with van der Waals surface area (Å²) in [5, 5.41) is 0.207. The Balaban J connectivity index is 2.71. The van der Waals surface area contributed by atoms with Gasteiger partial charge in [0.15, 0.2) is 0 Å². The number of allylic oxidation sites excluding steroid dienone is 1. The fourth-order valence-electron chi connectivity index (χ4n) is 2.97. The zero-order chi connectivity index (χ0) is 18.8. The molecule has 0 fully saturated rings. The highest BCUT2D eigenvalue weighted by Gasteiger charge is 2.40. The molecule has 1 heterocycles. The van der Waals surface area contributed by atoms with Crippen molar-refractivity contribution in [3.8, 4) is 0 Å². The number of rotatable bonds is 2. The van der Waals surface area contributed by atoms with Gasteiger partial charge in [-0.3, -0.25) is 0 Å². The maximum Gasteiger partial charge on any atom is 0.264 e. The molecule has 1 rings (SSSR count). The molecule has 0 saturated heterocycles. The van der Waals surface area contributed by atoms with Crippen molar-refractivity contribution in [1.29, 1.82) is 0 Å². The summed E-state index contributed by atoms with van der Waals surface area (Å²) in [5.41, 5.74) is 1.32. The lowest BCUT2D eigenvalue weighted by Crippen LogP contribution is -2.41. The first-order valence-corrected chi connectivity index (χ1v) is 13.7. The van der Waals surface area contributed by atoms with Crippen molar-refractivity contribution in [2.75, 3.05) is 6.61 Å². The van der Waals surface area contributed by atoms with Crippen LogP contribution in [-0.2, 0) is 9.16 Å². The third kappa shape index (κ3) is 9.17. The van der Waals surface area contributed by atoms with Crippen LogP contribution < -0.4 is 0 Å². The molecule has 148 valence electrons. The van der Waals surface area contributed by atoms with Gasteiger partial charge in [0, 0.05) is 5.57 Å². The van der Waals surface area contributed by atoms with E-state index in [1.54, 1.807) is 0 Å². The summed E-state index contributed by atoms with van der Waals surface area (Å²) in [4.78, 5) is 0. The van der Waals surface area contributed by atoms with E-state index < -0.39 is 8.32 Å². The molecule has 0 saturated carbocycles. The maximum atomic E-state index is 6.56. The zero-order valence-corrected chi connectivity index (χ0v) is 19.0. The number of hydrogen-bond donors (Lipinski definition) is 0. The summed E-state index contributed by atoms with van der Waals surface area (Å²) in [7, 11) is -1.84. The van der Waals surface area contributed by atoms with E-state index in [1.165, 1.54) is 69.8 Å². The predicted octanol–water partition coefficient (Wildman–Crippen LogP) is 7.95. The quantitative estimate of drug-likeness (QED) is 0.460. The summed E-state index contributed by atoms with van der Waals surface area (Å²) >= 11 is 0. The summed E-state index contributed by atoms with van der Waals surface area (Å²) < 4.78 is 12.7. The van der Waals surface area contributed by atoms with E-state index in [4.69, 9.17) is 9.16 Å². The van der Waals surface area contributed by atoms with Gasteiger partial charge in [-0.15, -0.1) is 0 Å². The second-order valence-electron chi connectivity index (χ2n) is 9.42. The number of hydrogen-bond acceptors (Lipinski definition) is 2. The van der Waals surface area contributed by atoms with Crippen molar-refractivity contribution >= 4 is 8.32 Å². The first-order chi connectivity index (χ1) is 11.7. The van der Waals surface area contributed by atoms with Gasteiger partial charge in [-0.05, 0) is 44.3 Å². The lowest BCUT2D eigenvalue weighted by atomic mass is 10.0. The Kier molecular flexibility index (Phi) is 10.2. The van der Waals surface area contributed by atoms with Crippen molar-refractivity contribution < 1.29 is 9.16 Å². The van der Waals surface area contributed by atoms with Gasteiger partial charge in [0.05, 0.1) is 6.61 Å². The van der Waals surface area contributed by atoms with Crippen LogP contribution >= 0.6 is 0 Å². The highest BCUT2D eigenvalue weighted by atomic mass is 28.4. The summed E-state index contributed by atoms with van der Waals surface area (Å²) in [6, 6.07) is 0. The van der Waals surface area contributed by atoms with Crippen LogP contribution in [0.4, 0.5) is 0 Å². The molecule has 0 amide bonds. The first kappa shape index (κ1) is 22.6. The average molecular weight is 369 g/mol. The van der Waals surface area contributed by atoms with E-state index in [-0.39, 0.29) is 5.04 Å². The van der Waals surface area contributed by atoms with Crippen LogP contribution in [0.25, 0.3) is 0 Å². The molecule has 0 aromatic rings. The highest BCUT2D eigenvalue weighted by Crippen LogP contribution is 2.38. The zero-order valence-electron chi connectivity index (χ0n) is 18.0. The molecule has 1 aliphatic heterocycles. The highest BCUT2D eigenvalue weighted by molar-refractivity contribution is 6.74. The molecule has 0 atom stereocenters. The van der Waals surface area contributed by atoms with Crippen LogP contribution in [0.5, 0.6) is 0 Å². The molecule has 0 spiro atoms. The van der Waals surface area contributed by atoms with Gasteiger partial charge in [0.25, 0.3) is 14.3 Å². The molecule has 0 aromatic heterocycles. The molecular formula is C22H44O2Si. The van der Waals surface area contributed by atoms with Gasteiger partial charge >= 0.3 is 0 Å². The first-order valence-electron chi connectivity index (χ1n) is 10.8. The summed E-state index contributed by atoms with van der Waals surface area (Å²) in [5.74, 6) is 0.860. The Labute approximate surface area is 158 Å². The van der Waals surface area contributed by atoms with Gasteiger partial charge < -0.3 is 9.16 Å². The van der Waals surface area contributed by atoms with Crippen LogP contribution in [0.1, 0.15) is 105 Å². The smallest absolute Gasteiger partial charge is 0.264 e. The normalized spacial score (nSPS) is 23.8. The minimum absolute atomic E-state index is 0.207. The van der Waals surface area contributed by atoms with Gasteiger partial charge in [0.1, 0.15) is 0 Å². The van der Waals surface area contributed by atoms with E-state index in [1.807, 2.05) is 0 Å².